The van der Waals surface area contributed by atoms with Crippen LogP contribution in [0.25, 0.3) is 0 Å². The van der Waals surface area contributed by atoms with Crippen LogP contribution in [0.3, 0.4) is 0 Å². The highest BCUT2D eigenvalue weighted by Crippen LogP contribution is 2.21. The quantitative estimate of drug-likeness (QED) is 0.893. The van der Waals surface area contributed by atoms with E-state index in [2.05, 4.69) is 41.2 Å². The average Bonchev–Trinajstić information content (AvgIpc) is 3.30. The lowest BCUT2D eigenvalue weighted by atomic mass is 10.1. The fourth-order valence-electron chi connectivity index (χ4n) is 2.59. The predicted octanol–water partition coefficient (Wildman–Crippen LogP) is 2.16. The van der Waals surface area contributed by atoms with Gasteiger partial charge in [0.1, 0.15) is 0 Å². The summed E-state index contributed by atoms with van der Waals surface area (Å²) in [4.78, 5) is 6.95. The molecule has 1 aromatic rings. The van der Waals surface area contributed by atoms with Gasteiger partial charge in [0.2, 0.25) is 0 Å². The first-order valence-electron chi connectivity index (χ1n) is 7.78. The molecular formula is C16H25N3O. The van der Waals surface area contributed by atoms with E-state index < -0.39 is 0 Å². The Labute approximate surface area is 121 Å². The van der Waals surface area contributed by atoms with Crippen LogP contribution in [0.15, 0.2) is 18.3 Å². The standard InChI is InChI=1S/C16H25N3O/c1-12(2)16-6-5-14(9-18-16)19-7-8-20-15(11-19)10-17-13-3-4-13/h5-6,9,12-13,15,17H,3-4,7-8,10-11H2,1-2H3/t15-/m1/s1. The third-order valence-electron chi connectivity index (χ3n) is 4.08. The van der Waals surface area contributed by atoms with E-state index in [-0.39, 0.29) is 0 Å². The van der Waals surface area contributed by atoms with E-state index in [0.717, 1.165) is 38.0 Å². The van der Waals surface area contributed by atoms with Gasteiger partial charge in [0.25, 0.3) is 0 Å². The minimum absolute atomic E-state index is 0.300. The average molecular weight is 275 g/mol. The molecule has 2 fully saturated rings. The molecule has 2 aliphatic rings. The highest BCUT2D eigenvalue weighted by atomic mass is 16.5. The van der Waals surface area contributed by atoms with Crippen LogP contribution >= 0.6 is 0 Å². The maximum absolute atomic E-state index is 5.85. The fraction of sp³-hybridized carbons (Fsp3) is 0.688. The van der Waals surface area contributed by atoms with Crippen molar-refractivity contribution in [3.63, 3.8) is 0 Å². The second-order valence-electron chi connectivity index (χ2n) is 6.22. The summed E-state index contributed by atoms with van der Waals surface area (Å²) in [6.45, 7) is 8.05. The van der Waals surface area contributed by atoms with Crippen LogP contribution in [-0.4, -0.2) is 43.4 Å². The van der Waals surface area contributed by atoms with E-state index in [1.54, 1.807) is 0 Å². The highest BCUT2D eigenvalue weighted by Gasteiger charge is 2.25. The maximum Gasteiger partial charge on any atom is 0.0874 e. The number of hydrogen-bond acceptors (Lipinski definition) is 4. The van der Waals surface area contributed by atoms with Crippen LogP contribution in [0.5, 0.6) is 0 Å². The molecule has 0 radical (unpaired) electrons. The fourth-order valence-corrected chi connectivity index (χ4v) is 2.59. The van der Waals surface area contributed by atoms with Gasteiger partial charge in [0, 0.05) is 31.4 Å². The van der Waals surface area contributed by atoms with Crippen LogP contribution in [0.1, 0.15) is 38.3 Å². The Morgan fingerprint density at radius 3 is 2.90 bits per heavy atom. The van der Waals surface area contributed by atoms with Gasteiger partial charge in [-0.3, -0.25) is 4.98 Å². The number of aromatic nitrogens is 1. The number of hydrogen-bond donors (Lipinski definition) is 1. The van der Waals surface area contributed by atoms with Crippen LogP contribution in [0.2, 0.25) is 0 Å². The van der Waals surface area contributed by atoms with E-state index >= 15 is 0 Å². The Kier molecular flexibility index (Phi) is 4.22. The normalized spacial score (nSPS) is 23.4. The van der Waals surface area contributed by atoms with Crippen molar-refractivity contribution in [3.8, 4) is 0 Å². The lowest BCUT2D eigenvalue weighted by Crippen LogP contribution is -2.47. The van der Waals surface area contributed by atoms with Crippen molar-refractivity contribution in [1.82, 2.24) is 10.3 Å². The zero-order valence-corrected chi connectivity index (χ0v) is 12.5. The summed E-state index contributed by atoms with van der Waals surface area (Å²) >= 11 is 0. The number of nitrogens with zero attached hydrogens (tertiary/aromatic N) is 2. The van der Waals surface area contributed by atoms with Crippen LogP contribution in [0, 0.1) is 0 Å². The van der Waals surface area contributed by atoms with Gasteiger partial charge < -0.3 is 15.0 Å². The molecule has 0 unspecified atom stereocenters. The summed E-state index contributed by atoms with van der Waals surface area (Å²) in [6.07, 6.45) is 4.97. The number of rotatable bonds is 5. The Hall–Kier alpha value is -1.13. The smallest absolute Gasteiger partial charge is 0.0874 e. The SMILES string of the molecule is CC(C)c1ccc(N2CCO[C@H](CNC3CC3)C2)cn1. The monoisotopic (exact) mass is 275 g/mol. The van der Waals surface area contributed by atoms with Crippen molar-refractivity contribution in [3.05, 3.63) is 24.0 Å². The highest BCUT2D eigenvalue weighted by molar-refractivity contribution is 5.45. The Morgan fingerprint density at radius 1 is 1.40 bits per heavy atom. The van der Waals surface area contributed by atoms with Gasteiger partial charge in [-0.25, -0.2) is 0 Å². The Morgan fingerprint density at radius 2 is 2.25 bits per heavy atom. The Bertz CT molecular complexity index is 428. The van der Waals surface area contributed by atoms with Crippen molar-refractivity contribution in [2.75, 3.05) is 31.1 Å². The van der Waals surface area contributed by atoms with Gasteiger partial charge >= 0.3 is 0 Å². The zero-order chi connectivity index (χ0) is 13.9. The van der Waals surface area contributed by atoms with E-state index in [1.165, 1.54) is 18.5 Å². The molecule has 1 N–H and O–H groups in total. The molecule has 1 saturated heterocycles. The lowest BCUT2D eigenvalue weighted by Gasteiger charge is -2.34. The topological polar surface area (TPSA) is 37.4 Å². The first kappa shape index (κ1) is 13.8. The molecular weight excluding hydrogens is 250 g/mol. The van der Waals surface area contributed by atoms with Gasteiger partial charge in [0.15, 0.2) is 0 Å². The molecule has 4 nitrogen and oxygen atoms in total. The zero-order valence-electron chi connectivity index (χ0n) is 12.5. The van der Waals surface area contributed by atoms with Crippen LogP contribution in [0.4, 0.5) is 5.69 Å². The molecule has 0 amide bonds. The van der Waals surface area contributed by atoms with Gasteiger partial charge in [-0.1, -0.05) is 13.8 Å². The molecule has 0 spiro atoms. The summed E-state index contributed by atoms with van der Waals surface area (Å²) in [6, 6.07) is 5.09. The molecule has 2 heterocycles. The molecule has 110 valence electrons. The molecule has 0 bridgehead atoms. The summed E-state index contributed by atoms with van der Waals surface area (Å²) in [7, 11) is 0. The van der Waals surface area contributed by atoms with Crippen molar-refractivity contribution in [1.29, 1.82) is 0 Å². The third kappa shape index (κ3) is 3.49. The molecule has 1 atom stereocenters. The van der Waals surface area contributed by atoms with Crippen LogP contribution in [-0.2, 0) is 4.74 Å². The van der Waals surface area contributed by atoms with E-state index in [9.17, 15) is 0 Å². The number of nitrogens with one attached hydrogen (secondary N) is 1. The molecule has 1 aliphatic carbocycles. The number of pyridine rings is 1. The first-order chi connectivity index (χ1) is 9.72. The minimum Gasteiger partial charge on any atom is -0.373 e. The molecule has 4 heteroatoms. The van der Waals surface area contributed by atoms with E-state index in [4.69, 9.17) is 4.74 Å². The molecule has 20 heavy (non-hydrogen) atoms. The number of ether oxygens (including phenoxy) is 1. The lowest BCUT2D eigenvalue weighted by molar-refractivity contribution is 0.0407. The van der Waals surface area contributed by atoms with Gasteiger partial charge in [-0.05, 0) is 30.9 Å². The van der Waals surface area contributed by atoms with Crippen molar-refractivity contribution in [2.24, 2.45) is 0 Å². The summed E-state index contributed by atoms with van der Waals surface area (Å²) in [5, 5.41) is 3.56. The van der Waals surface area contributed by atoms with Gasteiger partial charge in [-0.2, -0.15) is 0 Å². The van der Waals surface area contributed by atoms with Crippen molar-refractivity contribution in [2.45, 2.75) is 44.8 Å². The number of morpholine rings is 1. The van der Waals surface area contributed by atoms with E-state index in [1.807, 2.05) is 6.20 Å². The first-order valence-corrected chi connectivity index (χ1v) is 7.78. The second kappa shape index (κ2) is 6.10. The predicted molar refractivity (Wildman–Crippen MR) is 81.3 cm³/mol. The van der Waals surface area contributed by atoms with E-state index in [0.29, 0.717) is 12.0 Å². The summed E-state index contributed by atoms with van der Waals surface area (Å²) < 4.78 is 5.85. The molecule has 1 aromatic heterocycles. The minimum atomic E-state index is 0.300. The van der Waals surface area contributed by atoms with Crippen molar-refractivity contribution >= 4 is 5.69 Å². The number of anilines is 1. The van der Waals surface area contributed by atoms with Gasteiger partial charge in [0.05, 0.1) is 24.6 Å². The molecule has 1 aliphatic heterocycles. The largest absolute Gasteiger partial charge is 0.373 e. The Balaban J connectivity index is 1.57. The molecule has 0 aromatic carbocycles. The van der Waals surface area contributed by atoms with Crippen molar-refractivity contribution < 1.29 is 4.74 Å². The van der Waals surface area contributed by atoms with Gasteiger partial charge in [-0.15, -0.1) is 0 Å². The third-order valence-corrected chi connectivity index (χ3v) is 4.08. The van der Waals surface area contributed by atoms with Crippen LogP contribution < -0.4 is 10.2 Å². The molecule has 1 saturated carbocycles. The second-order valence-corrected chi connectivity index (χ2v) is 6.22. The summed E-state index contributed by atoms with van der Waals surface area (Å²) in [5.41, 5.74) is 2.38. The molecule has 3 rings (SSSR count). The maximum atomic E-state index is 5.85. The summed E-state index contributed by atoms with van der Waals surface area (Å²) in [5.74, 6) is 0.490.